The Hall–Kier alpha value is -1.26. The van der Waals surface area contributed by atoms with Crippen molar-refractivity contribution in [2.24, 2.45) is 0 Å². The molecule has 0 saturated carbocycles. The van der Waals surface area contributed by atoms with Crippen molar-refractivity contribution in [2.45, 2.75) is 12.8 Å². The summed E-state index contributed by atoms with van der Waals surface area (Å²) in [6, 6.07) is 9.64. The summed E-state index contributed by atoms with van der Waals surface area (Å²) in [5.41, 5.74) is 1.89. The lowest BCUT2D eigenvalue weighted by molar-refractivity contribution is 0.337. The largest absolute Gasteiger partial charge is 0.494 e. The maximum absolute atomic E-state index is 5.94. The average Bonchev–Trinajstić information content (AvgIpc) is 2.43. The zero-order chi connectivity index (χ0) is 13.7. The van der Waals surface area contributed by atoms with Crippen LogP contribution in [0.4, 0.5) is 11.5 Å². The van der Waals surface area contributed by atoms with Crippen LogP contribution >= 0.6 is 27.5 Å². The van der Waals surface area contributed by atoms with Crippen molar-refractivity contribution in [3.63, 3.8) is 0 Å². The number of halogens is 2. The highest BCUT2D eigenvalue weighted by molar-refractivity contribution is 9.10. The molecule has 0 unspecified atom stereocenters. The van der Waals surface area contributed by atoms with Gasteiger partial charge in [-0.05, 0) is 53.2 Å². The minimum atomic E-state index is 0.411. The first-order valence-electron chi connectivity index (χ1n) is 5.93. The number of alkyl halides is 1. The fourth-order valence-corrected chi connectivity index (χ4v) is 2.24. The van der Waals surface area contributed by atoms with Crippen LogP contribution in [-0.4, -0.2) is 11.6 Å². The summed E-state index contributed by atoms with van der Waals surface area (Å²) >= 11 is 9.39. The molecule has 5 heteroatoms. The van der Waals surface area contributed by atoms with Crippen molar-refractivity contribution in [1.82, 2.24) is 4.98 Å². The summed E-state index contributed by atoms with van der Waals surface area (Å²) < 4.78 is 6.43. The Labute approximate surface area is 126 Å². The Morgan fingerprint density at radius 2 is 2.21 bits per heavy atom. The van der Waals surface area contributed by atoms with E-state index in [0.717, 1.165) is 27.3 Å². The van der Waals surface area contributed by atoms with E-state index >= 15 is 0 Å². The molecule has 0 spiro atoms. The van der Waals surface area contributed by atoms with E-state index in [-0.39, 0.29) is 0 Å². The zero-order valence-electron chi connectivity index (χ0n) is 10.5. The fourth-order valence-electron chi connectivity index (χ4n) is 1.67. The highest BCUT2D eigenvalue weighted by atomic mass is 79.9. The number of ether oxygens (including phenoxy) is 1. The first-order chi connectivity index (χ1) is 9.24. The van der Waals surface area contributed by atoms with Crippen LogP contribution in [0, 0.1) is 0 Å². The van der Waals surface area contributed by atoms with Gasteiger partial charge in [-0.3, -0.25) is 0 Å². The first-order valence-corrected chi connectivity index (χ1v) is 7.26. The van der Waals surface area contributed by atoms with Gasteiger partial charge in [0.1, 0.15) is 11.6 Å². The van der Waals surface area contributed by atoms with Crippen molar-refractivity contribution in [3.05, 3.63) is 46.6 Å². The maximum Gasteiger partial charge on any atom is 0.144 e. The molecule has 3 nitrogen and oxygen atoms in total. The van der Waals surface area contributed by atoms with Gasteiger partial charge in [0, 0.05) is 17.4 Å². The summed E-state index contributed by atoms with van der Waals surface area (Å²) in [6.45, 7) is 2.58. The molecule has 0 atom stereocenters. The predicted molar refractivity (Wildman–Crippen MR) is 82.4 cm³/mol. The van der Waals surface area contributed by atoms with Crippen LogP contribution in [0.3, 0.4) is 0 Å². The van der Waals surface area contributed by atoms with Gasteiger partial charge in [-0.2, -0.15) is 0 Å². The fraction of sp³-hybridized carbons (Fsp3) is 0.214. The molecule has 1 heterocycles. The number of benzene rings is 1. The topological polar surface area (TPSA) is 34.1 Å². The Morgan fingerprint density at radius 3 is 2.89 bits per heavy atom. The van der Waals surface area contributed by atoms with Gasteiger partial charge >= 0.3 is 0 Å². The van der Waals surface area contributed by atoms with Crippen molar-refractivity contribution in [3.8, 4) is 5.75 Å². The van der Waals surface area contributed by atoms with Gasteiger partial charge in [0.05, 0.1) is 17.0 Å². The predicted octanol–water partition coefficient (Wildman–Crippen LogP) is 4.73. The number of anilines is 2. The lowest BCUT2D eigenvalue weighted by Gasteiger charge is -2.12. The molecule has 0 fully saturated rings. The summed E-state index contributed by atoms with van der Waals surface area (Å²) in [6.07, 6.45) is 1.74. The molecule has 2 aromatic rings. The molecular formula is C14H14BrClN2O. The molecule has 0 amide bonds. The van der Waals surface area contributed by atoms with Crippen LogP contribution in [0.5, 0.6) is 5.75 Å². The summed E-state index contributed by atoms with van der Waals surface area (Å²) in [7, 11) is 0. The molecule has 100 valence electrons. The highest BCUT2D eigenvalue weighted by Gasteiger charge is 2.06. The van der Waals surface area contributed by atoms with Gasteiger partial charge in [-0.15, -0.1) is 11.6 Å². The van der Waals surface area contributed by atoms with E-state index in [4.69, 9.17) is 16.3 Å². The summed E-state index contributed by atoms with van der Waals surface area (Å²) in [5.74, 6) is 2.00. The lowest BCUT2D eigenvalue weighted by atomic mass is 10.2. The molecule has 1 aromatic carbocycles. The smallest absolute Gasteiger partial charge is 0.144 e. The molecule has 0 aliphatic rings. The summed E-state index contributed by atoms with van der Waals surface area (Å²) in [4.78, 5) is 4.27. The highest BCUT2D eigenvalue weighted by Crippen LogP contribution is 2.28. The molecule has 2 rings (SSSR count). The molecule has 0 aliphatic heterocycles. The van der Waals surface area contributed by atoms with Crippen molar-refractivity contribution in [1.29, 1.82) is 0 Å². The van der Waals surface area contributed by atoms with E-state index in [1.165, 1.54) is 0 Å². The third-order valence-electron chi connectivity index (χ3n) is 2.53. The van der Waals surface area contributed by atoms with Crippen molar-refractivity contribution >= 4 is 39.0 Å². The quantitative estimate of drug-likeness (QED) is 0.799. The van der Waals surface area contributed by atoms with Gasteiger partial charge in [-0.25, -0.2) is 4.98 Å². The Balaban J connectivity index is 2.24. The zero-order valence-corrected chi connectivity index (χ0v) is 12.8. The Morgan fingerprint density at radius 1 is 1.37 bits per heavy atom. The van der Waals surface area contributed by atoms with Crippen LogP contribution < -0.4 is 10.1 Å². The number of pyridine rings is 1. The van der Waals surface area contributed by atoms with Gasteiger partial charge in [0.15, 0.2) is 0 Å². The van der Waals surface area contributed by atoms with Crippen molar-refractivity contribution in [2.75, 3.05) is 11.9 Å². The number of hydrogen-bond donors (Lipinski definition) is 1. The second-order valence-electron chi connectivity index (χ2n) is 3.85. The second-order valence-corrected chi connectivity index (χ2v) is 4.97. The minimum absolute atomic E-state index is 0.411. The molecular weight excluding hydrogens is 328 g/mol. The molecule has 0 aliphatic carbocycles. The molecule has 0 saturated heterocycles. The van der Waals surface area contributed by atoms with Gasteiger partial charge in [0.2, 0.25) is 0 Å². The van der Waals surface area contributed by atoms with E-state index in [9.17, 15) is 0 Å². The number of rotatable bonds is 5. The van der Waals surface area contributed by atoms with Crippen LogP contribution in [0.25, 0.3) is 0 Å². The van der Waals surface area contributed by atoms with E-state index in [0.29, 0.717) is 12.5 Å². The maximum atomic E-state index is 5.94. The van der Waals surface area contributed by atoms with Crippen LogP contribution in [0.15, 0.2) is 41.0 Å². The van der Waals surface area contributed by atoms with Crippen LogP contribution in [-0.2, 0) is 5.88 Å². The Kier molecular flexibility index (Phi) is 5.05. The Bertz CT molecular complexity index is 563. The average molecular weight is 342 g/mol. The number of nitrogens with zero attached hydrogens (tertiary/aromatic N) is 1. The number of aromatic nitrogens is 1. The standard InChI is InChI=1S/C14H14BrClN2O/c1-2-19-13-6-5-11(8-10(13)9-16)18-14-12(15)4-3-7-17-14/h3-8H,2,9H2,1H3,(H,17,18). The summed E-state index contributed by atoms with van der Waals surface area (Å²) in [5, 5.41) is 3.24. The van der Waals surface area contributed by atoms with E-state index in [2.05, 4.69) is 26.2 Å². The second kappa shape index (κ2) is 6.78. The molecule has 0 bridgehead atoms. The molecule has 1 N–H and O–H groups in total. The normalized spacial score (nSPS) is 10.3. The van der Waals surface area contributed by atoms with Crippen LogP contribution in [0.1, 0.15) is 12.5 Å². The third kappa shape index (κ3) is 3.61. The van der Waals surface area contributed by atoms with E-state index < -0.39 is 0 Å². The lowest BCUT2D eigenvalue weighted by Crippen LogP contribution is -1.98. The van der Waals surface area contributed by atoms with Crippen LogP contribution in [0.2, 0.25) is 0 Å². The molecule has 0 radical (unpaired) electrons. The van der Waals surface area contributed by atoms with Gasteiger partial charge in [-0.1, -0.05) is 0 Å². The number of hydrogen-bond acceptors (Lipinski definition) is 3. The minimum Gasteiger partial charge on any atom is -0.494 e. The first kappa shape index (κ1) is 14.2. The van der Waals surface area contributed by atoms with Gasteiger partial charge in [0.25, 0.3) is 0 Å². The van der Waals surface area contributed by atoms with Crippen molar-refractivity contribution < 1.29 is 4.74 Å². The number of nitrogens with one attached hydrogen (secondary N) is 1. The van der Waals surface area contributed by atoms with E-state index in [1.807, 2.05) is 37.3 Å². The third-order valence-corrected chi connectivity index (χ3v) is 3.45. The van der Waals surface area contributed by atoms with Gasteiger partial charge < -0.3 is 10.1 Å². The molecule has 19 heavy (non-hydrogen) atoms. The van der Waals surface area contributed by atoms with E-state index in [1.54, 1.807) is 6.20 Å². The monoisotopic (exact) mass is 340 g/mol. The SMILES string of the molecule is CCOc1ccc(Nc2ncccc2Br)cc1CCl. The molecule has 1 aromatic heterocycles.